The highest BCUT2D eigenvalue weighted by Crippen LogP contribution is 2.14. The SMILES string of the molecule is CCC(O)(CC)CNCc1ccc(C)c(F)c1. The van der Waals surface area contributed by atoms with E-state index in [-0.39, 0.29) is 5.82 Å². The van der Waals surface area contributed by atoms with E-state index in [0.29, 0.717) is 18.7 Å². The Kier molecular flexibility index (Phi) is 5.09. The van der Waals surface area contributed by atoms with Crippen molar-refractivity contribution < 1.29 is 9.50 Å². The van der Waals surface area contributed by atoms with Gasteiger partial charge in [-0.05, 0) is 37.0 Å². The molecule has 96 valence electrons. The van der Waals surface area contributed by atoms with Crippen LogP contribution in [0.15, 0.2) is 18.2 Å². The quantitative estimate of drug-likeness (QED) is 0.800. The minimum atomic E-state index is -0.650. The molecule has 1 aromatic carbocycles. The highest BCUT2D eigenvalue weighted by atomic mass is 19.1. The lowest BCUT2D eigenvalue weighted by molar-refractivity contribution is 0.0323. The maximum absolute atomic E-state index is 13.3. The van der Waals surface area contributed by atoms with Crippen LogP contribution in [0.25, 0.3) is 0 Å². The summed E-state index contributed by atoms with van der Waals surface area (Å²) in [4.78, 5) is 0. The Balaban J connectivity index is 2.48. The second-order valence-corrected chi connectivity index (χ2v) is 4.62. The third kappa shape index (κ3) is 4.10. The molecule has 0 heterocycles. The monoisotopic (exact) mass is 239 g/mol. The summed E-state index contributed by atoms with van der Waals surface area (Å²) in [6.07, 6.45) is 1.44. The summed E-state index contributed by atoms with van der Waals surface area (Å²) in [6.45, 7) is 6.81. The molecule has 0 saturated heterocycles. The number of aryl methyl sites for hydroxylation is 1. The Morgan fingerprint density at radius 1 is 1.29 bits per heavy atom. The summed E-state index contributed by atoms with van der Waals surface area (Å²) >= 11 is 0. The van der Waals surface area contributed by atoms with Crippen molar-refractivity contribution in [2.75, 3.05) is 6.54 Å². The number of hydrogen-bond donors (Lipinski definition) is 2. The third-order valence-corrected chi connectivity index (χ3v) is 3.34. The first kappa shape index (κ1) is 14.1. The zero-order valence-electron chi connectivity index (χ0n) is 10.9. The molecular weight excluding hydrogens is 217 g/mol. The lowest BCUT2D eigenvalue weighted by atomic mass is 9.97. The van der Waals surface area contributed by atoms with E-state index in [4.69, 9.17) is 0 Å². The van der Waals surface area contributed by atoms with Gasteiger partial charge in [-0.25, -0.2) is 4.39 Å². The molecule has 2 nitrogen and oxygen atoms in total. The lowest BCUT2D eigenvalue weighted by Gasteiger charge is -2.25. The van der Waals surface area contributed by atoms with Crippen molar-refractivity contribution >= 4 is 0 Å². The largest absolute Gasteiger partial charge is 0.389 e. The van der Waals surface area contributed by atoms with Gasteiger partial charge in [0.05, 0.1) is 5.60 Å². The lowest BCUT2D eigenvalue weighted by Crippen LogP contribution is -2.39. The zero-order chi connectivity index (χ0) is 12.9. The standard InChI is InChI=1S/C14H22FNO/c1-4-14(17,5-2)10-16-9-12-7-6-11(3)13(15)8-12/h6-8,16-17H,4-5,9-10H2,1-3H3. The van der Waals surface area contributed by atoms with E-state index >= 15 is 0 Å². The summed E-state index contributed by atoms with van der Waals surface area (Å²) in [7, 11) is 0. The molecule has 0 aliphatic heterocycles. The van der Waals surface area contributed by atoms with Gasteiger partial charge in [0, 0.05) is 13.1 Å². The molecule has 0 aliphatic rings. The third-order valence-electron chi connectivity index (χ3n) is 3.34. The Labute approximate surface area is 103 Å². The molecule has 0 aliphatic carbocycles. The van der Waals surface area contributed by atoms with Gasteiger partial charge in [-0.1, -0.05) is 26.0 Å². The Morgan fingerprint density at radius 2 is 1.94 bits per heavy atom. The van der Waals surface area contributed by atoms with E-state index in [9.17, 15) is 9.50 Å². The van der Waals surface area contributed by atoms with Crippen molar-refractivity contribution in [1.82, 2.24) is 5.32 Å². The van der Waals surface area contributed by atoms with Gasteiger partial charge in [0.1, 0.15) is 5.82 Å². The van der Waals surface area contributed by atoms with Crippen molar-refractivity contribution in [2.24, 2.45) is 0 Å². The van der Waals surface area contributed by atoms with Crippen LogP contribution in [0.4, 0.5) is 4.39 Å². The number of nitrogens with one attached hydrogen (secondary N) is 1. The number of benzene rings is 1. The fourth-order valence-electron chi connectivity index (χ4n) is 1.69. The molecule has 0 unspecified atom stereocenters. The van der Waals surface area contributed by atoms with Crippen molar-refractivity contribution in [1.29, 1.82) is 0 Å². The maximum Gasteiger partial charge on any atom is 0.126 e. The molecule has 0 amide bonds. The Bertz CT molecular complexity index is 361. The van der Waals surface area contributed by atoms with Gasteiger partial charge in [0.15, 0.2) is 0 Å². The van der Waals surface area contributed by atoms with Gasteiger partial charge in [0.2, 0.25) is 0 Å². The average Bonchev–Trinajstić information content (AvgIpc) is 2.33. The zero-order valence-corrected chi connectivity index (χ0v) is 10.9. The van der Waals surface area contributed by atoms with Crippen LogP contribution >= 0.6 is 0 Å². The summed E-state index contributed by atoms with van der Waals surface area (Å²) in [5.74, 6) is -0.175. The van der Waals surface area contributed by atoms with E-state index in [2.05, 4.69) is 5.32 Å². The van der Waals surface area contributed by atoms with Crippen LogP contribution < -0.4 is 5.32 Å². The Hall–Kier alpha value is -0.930. The molecule has 3 heteroatoms. The molecule has 2 N–H and O–H groups in total. The minimum absolute atomic E-state index is 0.175. The number of halogens is 1. The highest BCUT2D eigenvalue weighted by molar-refractivity contribution is 5.23. The molecule has 0 aromatic heterocycles. The smallest absolute Gasteiger partial charge is 0.126 e. The number of rotatable bonds is 6. The second-order valence-electron chi connectivity index (χ2n) is 4.62. The fraction of sp³-hybridized carbons (Fsp3) is 0.571. The predicted octanol–water partition coefficient (Wildman–Crippen LogP) is 2.77. The maximum atomic E-state index is 13.3. The summed E-state index contributed by atoms with van der Waals surface area (Å²) < 4.78 is 13.3. The molecule has 0 fully saturated rings. The van der Waals surface area contributed by atoms with Gasteiger partial charge in [-0.3, -0.25) is 0 Å². The number of aliphatic hydroxyl groups is 1. The molecule has 0 atom stereocenters. The van der Waals surface area contributed by atoms with E-state index < -0.39 is 5.60 Å². The highest BCUT2D eigenvalue weighted by Gasteiger charge is 2.20. The van der Waals surface area contributed by atoms with E-state index in [1.165, 1.54) is 0 Å². The predicted molar refractivity (Wildman–Crippen MR) is 68.4 cm³/mol. The topological polar surface area (TPSA) is 32.3 Å². The van der Waals surface area contributed by atoms with Crippen LogP contribution in [0.3, 0.4) is 0 Å². The van der Waals surface area contributed by atoms with Crippen molar-refractivity contribution in [3.8, 4) is 0 Å². The van der Waals surface area contributed by atoms with Crippen LogP contribution in [0.1, 0.15) is 37.8 Å². The molecule has 1 rings (SSSR count). The molecule has 0 radical (unpaired) electrons. The number of hydrogen-bond acceptors (Lipinski definition) is 2. The van der Waals surface area contributed by atoms with Crippen molar-refractivity contribution in [3.63, 3.8) is 0 Å². The van der Waals surface area contributed by atoms with E-state index in [1.807, 2.05) is 19.9 Å². The Morgan fingerprint density at radius 3 is 2.47 bits per heavy atom. The van der Waals surface area contributed by atoms with Crippen LogP contribution in [-0.4, -0.2) is 17.3 Å². The first-order valence-corrected chi connectivity index (χ1v) is 6.19. The van der Waals surface area contributed by atoms with E-state index in [0.717, 1.165) is 18.4 Å². The summed E-state index contributed by atoms with van der Waals surface area (Å²) in [5, 5.41) is 13.2. The van der Waals surface area contributed by atoms with Gasteiger partial charge < -0.3 is 10.4 Å². The van der Waals surface area contributed by atoms with Crippen molar-refractivity contribution in [3.05, 3.63) is 35.1 Å². The van der Waals surface area contributed by atoms with Crippen LogP contribution in [0.2, 0.25) is 0 Å². The molecular formula is C14H22FNO. The van der Waals surface area contributed by atoms with Gasteiger partial charge in [0.25, 0.3) is 0 Å². The molecule has 1 aromatic rings. The van der Waals surface area contributed by atoms with Gasteiger partial charge >= 0.3 is 0 Å². The van der Waals surface area contributed by atoms with Crippen LogP contribution in [-0.2, 0) is 6.54 Å². The molecule has 0 saturated carbocycles. The van der Waals surface area contributed by atoms with Crippen LogP contribution in [0.5, 0.6) is 0 Å². The summed E-state index contributed by atoms with van der Waals surface area (Å²) in [6, 6.07) is 5.22. The molecule has 0 bridgehead atoms. The van der Waals surface area contributed by atoms with Gasteiger partial charge in [-0.15, -0.1) is 0 Å². The first-order chi connectivity index (χ1) is 8.00. The average molecular weight is 239 g/mol. The van der Waals surface area contributed by atoms with Gasteiger partial charge in [-0.2, -0.15) is 0 Å². The molecule has 0 spiro atoms. The summed E-state index contributed by atoms with van der Waals surface area (Å²) in [5.41, 5.74) is 0.915. The minimum Gasteiger partial charge on any atom is -0.389 e. The van der Waals surface area contributed by atoms with Crippen molar-refractivity contribution in [2.45, 2.75) is 45.8 Å². The molecule has 17 heavy (non-hydrogen) atoms. The second kappa shape index (κ2) is 6.12. The first-order valence-electron chi connectivity index (χ1n) is 6.19. The fourth-order valence-corrected chi connectivity index (χ4v) is 1.69. The van der Waals surface area contributed by atoms with E-state index in [1.54, 1.807) is 19.1 Å². The van der Waals surface area contributed by atoms with Crippen LogP contribution in [0, 0.1) is 12.7 Å². The normalized spacial score (nSPS) is 11.8.